The lowest BCUT2D eigenvalue weighted by atomic mass is 9.97. The molecule has 0 aliphatic carbocycles. The number of hydrogen-bond donors (Lipinski definition) is 1. The maximum atomic E-state index is 11.8. The van der Waals surface area contributed by atoms with Gasteiger partial charge in [0, 0.05) is 6.42 Å². The molecule has 0 aliphatic heterocycles. The normalized spacial score (nSPS) is 12.4. The zero-order valence-electron chi connectivity index (χ0n) is 13.5. The SMILES string of the molecule is CC(NC(=O)CCc1ccccc1)C(=O)OC(=O)C(C)(C)C. The van der Waals surface area contributed by atoms with Crippen LogP contribution in [0.3, 0.4) is 0 Å². The molecule has 1 amide bonds. The van der Waals surface area contributed by atoms with E-state index in [0.717, 1.165) is 5.56 Å². The van der Waals surface area contributed by atoms with Crippen LogP contribution < -0.4 is 5.32 Å². The summed E-state index contributed by atoms with van der Waals surface area (Å²) in [7, 11) is 0. The minimum absolute atomic E-state index is 0.253. The molecule has 0 saturated heterocycles. The van der Waals surface area contributed by atoms with Crippen LogP contribution in [0.4, 0.5) is 0 Å². The molecule has 1 atom stereocenters. The van der Waals surface area contributed by atoms with Gasteiger partial charge in [0.15, 0.2) is 0 Å². The van der Waals surface area contributed by atoms with Crippen LogP contribution >= 0.6 is 0 Å². The van der Waals surface area contributed by atoms with Crippen LogP contribution in [-0.2, 0) is 25.5 Å². The van der Waals surface area contributed by atoms with Crippen molar-refractivity contribution in [3.8, 4) is 0 Å². The maximum Gasteiger partial charge on any atom is 0.335 e. The third kappa shape index (κ3) is 6.08. The maximum absolute atomic E-state index is 11.8. The molecule has 5 nitrogen and oxygen atoms in total. The van der Waals surface area contributed by atoms with Gasteiger partial charge in [-0.3, -0.25) is 9.59 Å². The number of hydrogen-bond acceptors (Lipinski definition) is 4. The predicted molar refractivity (Wildman–Crippen MR) is 82.9 cm³/mol. The summed E-state index contributed by atoms with van der Waals surface area (Å²) in [6.07, 6.45) is 0.865. The molecule has 0 fully saturated rings. The van der Waals surface area contributed by atoms with Crippen LogP contribution in [0.15, 0.2) is 30.3 Å². The Morgan fingerprint density at radius 2 is 1.73 bits per heavy atom. The number of esters is 2. The van der Waals surface area contributed by atoms with E-state index in [1.807, 2.05) is 30.3 Å². The summed E-state index contributed by atoms with van der Waals surface area (Å²) in [5, 5.41) is 2.54. The molecule has 5 heteroatoms. The van der Waals surface area contributed by atoms with Crippen LogP contribution in [0.1, 0.15) is 39.7 Å². The number of carbonyl (C=O) groups is 3. The highest BCUT2D eigenvalue weighted by atomic mass is 16.6. The van der Waals surface area contributed by atoms with Crippen LogP contribution in [-0.4, -0.2) is 23.9 Å². The van der Waals surface area contributed by atoms with Crippen molar-refractivity contribution in [3.05, 3.63) is 35.9 Å². The number of amides is 1. The predicted octanol–water partition coefficient (Wildman–Crippen LogP) is 2.24. The van der Waals surface area contributed by atoms with Crippen molar-refractivity contribution in [2.75, 3.05) is 0 Å². The second kappa shape index (κ2) is 7.73. The van der Waals surface area contributed by atoms with Crippen molar-refractivity contribution in [1.29, 1.82) is 0 Å². The topological polar surface area (TPSA) is 72.5 Å². The number of carbonyl (C=O) groups excluding carboxylic acids is 3. The Hall–Kier alpha value is -2.17. The summed E-state index contributed by atoms with van der Waals surface area (Å²) in [5.41, 5.74) is 0.294. The molecular weight excluding hydrogens is 282 g/mol. The van der Waals surface area contributed by atoms with Crippen LogP contribution in [0.2, 0.25) is 0 Å². The number of nitrogens with one attached hydrogen (secondary N) is 1. The molecule has 0 aromatic heterocycles. The smallest absolute Gasteiger partial charge is 0.335 e. The number of ether oxygens (including phenoxy) is 1. The average molecular weight is 305 g/mol. The fourth-order valence-electron chi connectivity index (χ4n) is 1.61. The molecule has 1 aromatic carbocycles. The molecular formula is C17H23NO4. The quantitative estimate of drug-likeness (QED) is 0.669. The first-order chi connectivity index (χ1) is 10.2. The summed E-state index contributed by atoms with van der Waals surface area (Å²) >= 11 is 0. The highest BCUT2D eigenvalue weighted by molar-refractivity contribution is 5.92. The molecule has 0 heterocycles. The zero-order valence-corrected chi connectivity index (χ0v) is 13.5. The number of benzene rings is 1. The Bertz CT molecular complexity index is 531. The lowest BCUT2D eigenvalue weighted by molar-refractivity contribution is -0.167. The summed E-state index contributed by atoms with van der Waals surface area (Å²) in [4.78, 5) is 35.2. The van der Waals surface area contributed by atoms with Gasteiger partial charge >= 0.3 is 11.9 Å². The van der Waals surface area contributed by atoms with E-state index >= 15 is 0 Å². The highest BCUT2D eigenvalue weighted by Gasteiger charge is 2.28. The standard InChI is InChI=1S/C17H23NO4/c1-12(15(20)22-16(21)17(2,3)4)18-14(19)11-10-13-8-6-5-7-9-13/h5-9,12H,10-11H2,1-4H3,(H,18,19). The van der Waals surface area contributed by atoms with Gasteiger partial charge in [-0.15, -0.1) is 0 Å². The van der Waals surface area contributed by atoms with Crippen LogP contribution in [0.5, 0.6) is 0 Å². The van der Waals surface area contributed by atoms with Gasteiger partial charge in [0.2, 0.25) is 5.91 Å². The Morgan fingerprint density at radius 1 is 1.14 bits per heavy atom. The van der Waals surface area contributed by atoms with E-state index in [1.54, 1.807) is 20.8 Å². The van der Waals surface area contributed by atoms with Crippen molar-refractivity contribution in [1.82, 2.24) is 5.32 Å². The van der Waals surface area contributed by atoms with E-state index < -0.39 is 23.4 Å². The summed E-state index contributed by atoms with van der Waals surface area (Å²) in [5.74, 6) is -1.60. The fraction of sp³-hybridized carbons (Fsp3) is 0.471. The molecule has 0 bridgehead atoms. The van der Waals surface area contributed by atoms with Gasteiger partial charge in [0.25, 0.3) is 0 Å². The van der Waals surface area contributed by atoms with E-state index in [0.29, 0.717) is 6.42 Å². The van der Waals surface area contributed by atoms with Gasteiger partial charge in [0.1, 0.15) is 6.04 Å². The molecule has 1 rings (SSSR count). The van der Waals surface area contributed by atoms with Crippen LogP contribution in [0.25, 0.3) is 0 Å². The van der Waals surface area contributed by atoms with Gasteiger partial charge in [0.05, 0.1) is 5.41 Å². The monoisotopic (exact) mass is 305 g/mol. The second-order valence-corrected chi connectivity index (χ2v) is 6.23. The molecule has 1 N–H and O–H groups in total. The molecule has 22 heavy (non-hydrogen) atoms. The van der Waals surface area contributed by atoms with Crippen molar-refractivity contribution >= 4 is 17.8 Å². The first-order valence-electron chi connectivity index (χ1n) is 7.29. The second-order valence-electron chi connectivity index (χ2n) is 6.23. The van der Waals surface area contributed by atoms with Gasteiger partial charge in [-0.1, -0.05) is 30.3 Å². The minimum Gasteiger partial charge on any atom is -0.391 e. The van der Waals surface area contributed by atoms with Crippen molar-refractivity contribution in [3.63, 3.8) is 0 Å². The molecule has 0 spiro atoms. The van der Waals surface area contributed by atoms with E-state index in [1.165, 1.54) is 6.92 Å². The lowest BCUT2D eigenvalue weighted by Gasteiger charge is -2.18. The van der Waals surface area contributed by atoms with E-state index in [2.05, 4.69) is 5.32 Å². The number of aryl methyl sites for hydroxylation is 1. The van der Waals surface area contributed by atoms with Gasteiger partial charge < -0.3 is 10.1 Å². The Morgan fingerprint density at radius 3 is 2.27 bits per heavy atom. The third-order valence-electron chi connectivity index (χ3n) is 3.02. The molecule has 120 valence electrons. The average Bonchev–Trinajstić information content (AvgIpc) is 2.45. The number of rotatable bonds is 5. The van der Waals surface area contributed by atoms with E-state index in [9.17, 15) is 14.4 Å². The van der Waals surface area contributed by atoms with Gasteiger partial charge in [-0.2, -0.15) is 0 Å². The molecule has 0 aliphatic rings. The zero-order chi connectivity index (χ0) is 16.8. The molecule has 1 aromatic rings. The first-order valence-corrected chi connectivity index (χ1v) is 7.29. The summed E-state index contributed by atoms with van der Waals surface area (Å²) < 4.78 is 4.75. The largest absolute Gasteiger partial charge is 0.391 e. The van der Waals surface area contributed by atoms with E-state index in [-0.39, 0.29) is 12.3 Å². The Balaban J connectivity index is 2.40. The molecule has 1 unspecified atom stereocenters. The third-order valence-corrected chi connectivity index (χ3v) is 3.02. The van der Waals surface area contributed by atoms with Crippen LogP contribution in [0, 0.1) is 5.41 Å². The molecule has 0 saturated carbocycles. The van der Waals surface area contributed by atoms with Gasteiger partial charge in [-0.25, -0.2) is 4.79 Å². The minimum atomic E-state index is -0.852. The Kier molecular flexibility index (Phi) is 6.28. The first kappa shape index (κ1) is 17.9. The summed E-state index contributed by atoms with van der Waals surface area (Å²) in [6.45, 7) is 6.47. The summed E-state index contributed by atoms with van der Waals surface area (Å²) in [6, 6.07) is 8.75. The Labute approximate surface area is 131 Å². The fourth-order valence-corrected chi connectivity index (χ4v) is 1.61. The van der Waals surface area contributed by atoms with E-state index in [4.69, 9.17) is 4.74 Å². The molecule has 0 radical (unpaired) electrons. The highest BCUT2D eigenvalue weighted by Crippen LogP contribution is 2.15. The van der Waals surface area contributed by atoms with Gasteiger partial charge in [-0.05, 0) is 39.7 Å². The van der Waals surface area contributed by atoms with Crippen molar-refractivity contribution in [2.24, 2.45) is 5.41 Å². The van der Waals surface area contributed by atoms with Crippen molar-refractivity contribution in [2.45, 2.75) is 46.6 Å². The van der Waals surface area contributed by atoms with Crippen molar-refractivity contribution < 1.29 is 19.1 Å². The lowest BCUT2D eigenvalue weighted by Crippen LogP contribution is -2.41.